The number of pyridine rings is 1. The van der Waals surface area contributed by atoms with Crippen LogP contribution in [0, 0.1) is 0 Å². The molecular formula is C34H45N3O5. The van der Waals surface area contributed by atoms with E-state index in [9.17, 15) is 24.9 Å². The molecule has 8 heteroatoms. The third-order valence-electron chi connectivity index (χ3n) is 7.71. The molecule has 0 saturated heterocycles. The van der Waals surface area contributed by atoms with Gasteiger partial charge in [-0.3, -0.25) is 14.6 Å². The van der Waals surface area contributed by atoms with E-state index in [0.29, 0.717) is 24.0 Å². The molecule has 0 aliphatic heterocycles. The quantitative estimate of drug-likeness (QED) is 0.281. The van der Waals surface area contributed by atoms with E-state index in [1.165, 1.54) is 0 Å². The van der Waals surface area contributed by atoms with Crippen molar-refractivity contribution in [3.63, 3.8) is 0 Å². The number of aliphatic hydroxyl groups is 3. The summed E-state index contributed by atoms with van der Waals surface area (Å²) in [5.74, 6) is -0.380. The lowest BCUT2D eigenvalue weighted by atomic mass is 9.90. The minimum absolute atomic E-state index is 0.127. The van der Waals surface area contributed by atoms with Crippen molar-refractivity contribution in [2.75, 3.05) is 26.3 Å². The molecule has 0 fully saturated rings. The van der Waals surface area contributed by atoms with Crippen molar-refractivity contribution >= 4 is 11.8 Å². The Hall–Kier alpha value is -3.59. The van der Waals surface area contributed by atoms with Crippen molar-refractivity contribution in [3.05, 3.63) is 101 Å². The van der Waals surface area contributed by atoms with Crippen LogP contribution in [0.5, 0.6) is 0 Å². The van der Waals surface area contributed by atoms with Crippen LogP contribution < -0.4 is 0 Å². The Labute approximate surface area is 249 Å². The molecule has 1 atom stereocenters. The molecule has 0 radical (unpaired) electrons. The molecule has 1 heterocycles. The van der Waals surface area contributed by atoms with Gasteiger partial charge in [-0.05, 0) is 94.8 Å². The molecule has 2 aromatic carbocycles. The highest BCUT2D eigenvalue weighted by Crippen LogP contribution is 2.30. The van der Waals surface area contributed by atoms with Gasteiger partial charge in [0.1, 0.15) is 0 Å². The van der Waals surface area contributed by atoms with Crippen molar-refractivity contribution in [2.24, 2.45) is 0 Å². The van der Waals surface area contributed by atoms with E-state index in [0.717, 1.165) is 16.7 Å². The minimum Gasteiger partial charge on any atom is -0.395 e. The molecule has 3 aromatic rings. The van der Waals surface area contributed by atoms with Crippen LogP contribution in [0.2, 0.25) is 0 Å². The van der Waals surface area contributed by atoms with Crippen molar-refractivity contribution in [2.45, 2.75) is 71.1 Å². The molecule has 0 aliphatic carbocycles. The number of amides is 2. The summed E-state index contributed by atoms with van der Waals surface area (Å²) in [5, 5.41) is 30.5. The first-order valence-electron chi connectivity index (χ1n) is 14.5. The number of rotatable bonds is 13. The summed E-state index contributed by atoms with van der Waals surface area (Å²) in [6.45, 7) is 9.75. The zero-order valence-corrected chi connectivity index (χ0v) is 25.5. The zero-order chi connectivity index (χ0) is 30.9. The van der Waals surface area contributed by atoms with Gasteiger partial charge in [0.05, 0.1) is 24.9 Å². The predicted octanol–water partition coefficient (Wildman–Crippen LogP) is 4.22. The Morgan fingerprint density at radius 1 is 0.762 bits per heavy atom. The summed E-state index contributed by atoms with van der Waals surface area (Å²) < 4.78 is 0. The molecule has 0 saturated carbocycles. The van der Waals surface area contributed by atoms with Crippen LogP contribution in [0.4, 0.5) is 0 Å². The summed E-state index contributed by atoms with van der Waals surface area (Å²) >= 11 is 0. The maximum absolute atomic E-state index is 13.9. The van der Waals surface area contributed by atoms with Crippen molar-refractivity contribution in [1.29, 1.82) is 0 Å². The molecule has 42 heavy (non-hydrogen) atoms. The number of aromatic nitrogens is 1. The van der Waals surface area contributed by atoms with E-state index in [2.05, 4.69) is 4.98 Å². The largest absolute Gasteiger partial charge is 0.395 e. The molecule has 1 aromatic heterocycles. The predicted molar refractivity (Wildman–Crippen MR) is 164 cm³/mol. The van der Waals surface area contributed by atoms with Gasteiger partial charge in [-0.25, -0.2) is 0 Å². The topological polar surface area (TPSA) is 114 Å². The van der Waals surface area contributed by atoms with E-state index in [1.807, 2.05) is 77.1 Å². The first-order chi connectivity index (χ1) is 19.9. The van der Waals surface area contributed by atoms with E-state index >= 15 is 0 Å². The molecule has 0 bridgehead atoms. The Bertz CT molecular complexity index is 1320. The minimum atomic E-state index is -0.752. The van der Waals surface area contributed by atoms with Gasteiger partial charge in [0, 0.05) is 42.1 Å². The van der Waals surface area contributed by atoms with Crippen LogP contribution in [-0.4, -0.2) is 79.9 Å². The normalized spacial score (nSPS) is 12.6. The number of benzene rings is 2. The first-order valence-corrected chi connectivity index (χ1v) is 14.5. The summed E-state index contributed by atoms with van der Waals surface area (Å²) in [4.78, 5) is 34.8. The van der Waals surface area contributed by atoms with Gasteiger partial charge in [0.15, 0.2) is 0 Å². The molecular weight excluding hydrogens is 530 g/mol. The highest BCUT2D eigenvalue weighted by molar-refractivity contribution is 5.97. The number of hydrogen-bond donors (Lipinski definition) is 3. The number of aryl methyl sites for hydroxylation is 1. The molecule has 1 unspecified atom stereocenters. The van der Waals surface area contributed by atoms with Gasteiger partial charge in [-0.1, -0.05) is 36.4 Å². The van der Waals surface area contributed by atoms with E-state index < -0.39 is 17.2 Å². The second kappa shape index (κ2) is 14.5. The molecule has 0 spiro atoms. The van der Waals surface area contributed by atoms with Crippen molar-refractivity contribution < 1.29 is 24.9 Å². The lowest BCUT2D eigenvalue weighted by molar-refractivity contribution is 0.0477. The summed E-state index contributed by atoms with van der Waals surface area (Å²) in [6, 6.07) is 18.4. The fourth-order valence-electron chi connectivity index (χ4n) is 5.31. The van der Waals surface area contributed by atoms with Gasteiger partial charge in [-0.15, -0.1) is 0 Å². The highest BCUT2D eigenvalue weighted by atomic mass is 16.3. The maximum atomic E-state index is 13.9. The molecule has 2 amide bonds. The maximum Gasteiger partial charge on any atom is 0.254 e. The van der Waals surface area contributed by atoms with Crippen molar-refractivity contribution in [3.8, 4) is 0 Å². The number of nitrogens with zero attached hydrogens (tertiary/aromatic N) is 3. The van der Waals surface area contributed by atoms with E-state index in [1.54, 1.807) is 40.4 Å². The van der Waals surface area contributed by atoms with Crippen LogP contribution in [0.3, 0.4) is 0 Å². The molecule has 3 rings (SSSR count). The van der Waals surface area contributed by atoms with Crippen molar-refractivity contribution in [1.82, 2.24) is 14.8 Å². The zero-order valence-electron chi connectivity index (χ0n) is 25.5. The Kier molecular flexibility index (Phi) is 11.4. The van der Waals surface area contributed by atoms with Crippen LogP contribution >= 0.6 is 0 Å². The van der Waals surface area contributed by atoms with Gasteiger partial charge >= 0.3 is 0 Å². The lowest BCUT2D eigenvalue weighted by Gasteiger charge is -2.39. The number of carbonyl (C=O) groups is 2. The number of β-amino-alcohol motifs (C(OH)–C–C–N with tert-alkyl or cyclic N) is 1. The van der Waals surface area contributed by atoms with Gasteiger partial charge < -0.3 is 25.1 Å². The fraction of sp³-hybridized carbons (Fsp3) is 0.441. The average molecular weight is 576 g/mol. The Morgan fingerprint density at radius 3 is 1.83 bits per heavy atom. The summed E-state index contributed by atoms with van der Waals surface area (Å²) in [7, 11) is 0. The average Bonchev–Trinajstić information content (AvgIpc) is 2.97. The Balaban J connectivity index is 1.79. The third kappa shape index (κ3) is 8.03. The fourth-order valence-corrected chi connectivity index (χ4v) is 5.31. The first kappa shape index (κ1) is 32.9. The molecule has 226 valence electrons. The SMILES string of the molecule is CC(C)(C)N(CCO)C(=O)c1ccccc1CCC(O)Cc1ccccc1C(=O)N(CCO)C(C)(C)c1ccncc1. The summed E-state index contributed by atoms with van der Waals surface area (Å²) in [6.07, 6.45) is 3.74. The van der Waals surface area contributed by atoms with E-state index in [-0.39, 0.29) is 44.5 Å². The van der Waals surface area contributed by atoms with Crippen LogP contribution in [0.25, 0.3) is 0 Å². The van der Waals surface area contributed by atoms with Gasteiger partial charge in [-0.2, -0.15) is 0 Å². The lowest BCUT2D eigenvalue weighted by Crippen LogP contribution is -2.47. The molecule has 0 aliphatic rings. The van der Waals surface area contributed by atoms with Gasteiger partial charge in [0.2, 0.25) is 0 Å². The molecule has 3 N–H and O–H groups in total. The monoisotopic (exact) mass is 575 g/mol. The molecule has 8 nitrogen and oxygen atoms in total. The Morgan fingerprint density at radius 2 is 1.26 bits per heavy atom. The van der Waals surface area contributed by atoms with Crippen LogP contribution in [0.15, 0.2) is 73.1 Å². The third-order valence-corrected chi connectivity index (χ3v) is 7.71. The highest BCUT2D eigenvalue weighted by Gasteiger charge is 2.34. The smallest absolute Gasteiger partial charge is 0.254 e. The summed E-state index contributed by atoms with van der Waals surface area (Å²) in [5.41, 5.74) is 2.31. The second-order valence-electron chi connectivity index (χ2n) is 12.0. The van der Waals surface area contributed by atoms with E-state index in [4.69, 9.17) is 0 Å². The standard InChI is InChI=1S/C34H45N3O5/c1-33(2,3)36(20-22-38)31(41)29-12-8-6-10-25(29)14-15-28(40)24-26-11-7-9-13-30(26)32(42)37(21-23-39)34(4,5)27-16-18-35-19-17-27/h6-13,16-19,28,38-40H,14-15,20-24H2,1-5H3. The van der Waals surface area contributed by atoms with Crippen LogP contribution in [-0.2, 0) is 18.4 Å². The number of aliphatic hydroxyl groups excluding tert-OH is 3. The number of hydrogen-bond acceptors (Lipinski definition) is 6. The number of carbonyl (C=O) groups excluding carboxylic acids is 2. The van der Waals surface area contributed by atoms with Gasteiger partial charge in [0.25, 0.3) is 11.8 Å². The second-order valence-corrected chi connectivity index (χ2v) is 12.0. The van der Waals surface area contributed by atoms with Crippen LogP contribution in [0.1, 0.15) is 78.4 Å².